The molecule has 0 heterocycles. The molecule has 3 aromatic rings. The zero-order valence-electron chi connectivity index (χ0n) is 15.7. The van der Waals surface area contributed by atoms with E-state index in [-0.39, 0.29) is 11.9 Å². The van der Waals surface area contributed by atoms with Crippen LogP contribution in [0, 0.1) is 0 Å². The van der Waals surface area contributed by atoms with E-state index in [1.807, 2.05) is 68.4 Å². The Kier molecular flexibility index (Phi) is 5.83. The van der Waals surface area contributed by atoms with Gasteiger partial charge in [-0.3, -0.25) is 0 Å². The molecule has 0 aromatic heterocycles. The van der Waals surface area contributed by atoms with Crippen LogP contribution in [0.15, 0.2) is 91.0 Å². The predicted molar refractivity (Wildman–Crippen MR) is 122 cm³/mol. The van der Waals surface area contributed by atoms with Crippen LogP contribution in [0.1, 0.15) is 13.8 Å². The molecule has 0 saturated heterocycles. The van der Waals surface area contributed by atoms with Crippen LogP contribution in [0.2, 0.25) is 0 Å². The Bertz CT molecular complexity index is 798. The molecule has 0 aliphatic rings. The standard InChI is InChI=1S/C23H25BrNOP/c1-19(2)25-23(26)18-27(24,20-12-6-3-7-13-20,21-14-8-4-9-15-21)22-16-10-5-11-17-22/h3-17,19H,18H2,1-2H3,(H,25,26). The number of rotatable bonds is 6. The molecule has 0 radical (unpaired) electrons. The Morgan fingerprint density at radius 2 is 1.11 bits per heavy atom. The van der Waals surface area contributed by atoms with Gasteiger partial charge >= 0.3 is 170 Å². The summed E-state index contributed by atoms with van der Waals surface area (Å²) < 4.78 is 0. The quantitative estimate of drug-likeness (QED) is 0.566. The van der Waals surface area contributed by atoms with Crippen LogP contribution in [-0.2, 0) is 4.79 Å². The van der Waals surface area contributed by atoms with Gasteiger partial charge in [0.2, 0.25) is 0 Å². The van der Waals surface area contributed by atoms with E-state index in [2.05, 4.69) is 57.2 Å². The number of halogens is 1. The molecular formula is C23H25BrNOP. The molecule has 1 N–H and O–H groups in total. The summed E-state index contributed by atoms with van der Waals surface area (Å²) in [5.74, 6) is 0.0519. The number of carbonyl (C=O) groups is 1. The fraction of sp³-hybridized carbons (Fsp3) is 0.174. The molecule has 0 unspecified atom stereocenters. The third-order valence-electron chi connectivity index (χ3n) is 4.77. The summed E-state index contributed by atoms with van der Waals surface area (Å²) in [6.45, 7) is 3.99. The number of carbonyl (C=O) groups excluding carboxylic acids is 1. The number of hydrogen-bond acceptors (Lipinski definition) is 1. The van der Waals surface area contributed by atoms with Crippen molar-refractivity contribution in [2.24, 2.45) is 0 Å². The molecule has 3 aromatic carbocycles. The van der Waals surface area contributed by atoms with Gasteiger partial charge in [-0.1, -0.05) is 0 Å². The van der Waals surface area contributed by atoms with Crippen molar-refractivity contribution < 1.29 is 4.79 Å². The zero-order valence-corrected chi connectivity index (χ0v) is 18.2. The fourth-order valence-corrected chi connectivity index (χ4v) is 10.8. The first kappa shape index (κ1) is 19.8. The monoisotopic (exact) mass is 441 g/mol. The molecule has 0 fully saturated rings. The second kappa shape index (κ2) is 7.96. The molecule has 0 bridgehead atoms. The van der Waals surface area contributed by atoms with Gasteiger partial charge in [0.05, 0.1) is 0 Å². The third kappa shape index (κ3) is 3.72. The number of nitrogens with one attached hydrogen (secondary N) is 1. The minimum absolute atomic E-state index is 0.0519. The van der Waals surface area contributed by atoms with Crippen molar-refractivity contribution in [3.05, 3.63) is 91.0 Å². The maximum atomic E-state index is 13.1. The zero-order chi connectivity index (χ0) is 19.4. The second-order valence-corrected chi connectivity index (χ2v) is 16.0. The first-order valence-electron chi connectivity index (χ1n) is 9.14. The average Bonchev–Trinajstić information content (AvgIpc) is 2.69. The van der Waals surface area contributed by atoms with Gasteiger partial charge in [0.15, 0.2) is 0 Å². The predicted octanol–water partition coefficient (Wildman–Crippen LogP) is 4.35. The van der Waals surface area contributed by atoms with Gasteiger partial charge < -0.3 is 0 Å². The molecule has 0 aliphatic heterocycles. The van der Waals surface area contributed by atoms with E-state index in [0.29, 0.717) is 6.16 Å². The Labute approximate surface area is 169 Å². The van der Waals surface area contributed by atoms with E-state index >= 15 is 0 Å². The average molecular weight is 442 g/mol. The number of amides is 1. The van der Waals surface area contributed by atoms with Crippen molar-refractivity contribution in [3.8, 4) is 0 Å². The summed E-state index contributed by atoms with van der Waals surface area (Å²) in [6, 6.07) is 31.2. The topological polar surface area (TPSA) is 29.1 Å². The summed E-state index contributed by atoms with van der Waals surface area (Å²) >= 11 is 4.28. The van der Waals surface area contributed by atoms with Crippen molar-refractivity contribution in [1.29, 1.82) is 0 Å². The van der Waals surface area contributed by atoms with Crippen molar-refractivity contribution in [1.82, 2.24) is 5.32 Å². The van der Waals surface area contributed by atoms with Crippen molar-refractivity contribution in [2.45, 2.75) is 19.9 Å². The summed E-state index contributed by atoms with van der Waals surface area (Å²) in [7, 11) is 0. The molecule has 27 heavy (non-hydrogen) atoms. The van der Waals surface area contributed by atoms with Crippen molar-refractivity contribution in [3.63, 3.8) is 0 Å². The van der Waals surface area contributed by atoms with Crippen LogP contribution in [0.5, 0.6) is 0 Å². The third-order valence-corrected chi connectivity index (χ3v) is 14.2. The van der Waals surface area contributed by atoms with Crippen LogP contribution in [-0.4, -0.2) is 18.1 Å². The molecule has 4 heteroatoms. The maximum absolute atomic E-state index is 13.1. The molecule has 0 aliphatic carbocycles. The van der Waals surface area contributed by atoms with E-state index in [4.69, 9.17) is 0 Å². The van der Waals surface area contributed by atoms with Gasteiger partial charge in [-0.25, -0.2) is 0 Å². The van der Waals surface area contributed by atoms with Gasteiger partial charge in [-0.2, -0.15) is 0 Å². The van der Waals surface area contributed by atoms with Crippen LogP contribution < -0.4 is 21.2 Å². The van der Waals surface area contributed by atoms with Crippen LogP contribution in [0.3, 0.4) is 0 Å². The van der Waals surface area contributed by atoms with E-state index in [1.165, 1.54) is 0 Å². The Morgan fingerprint density at radius 1 is 0.778 bits per heavy atom. The first-order chi connectivity index (χ1) is 12.9. The summed E-state index contributed by atoms with van der Waals surface area (Å²) in [5, 5.41) is 3.39. The fourth-order valence-electron chi connectivity index (χ4n) is 3.57. The number of benzene rings is 3. The van der Waals surface area contributed by atoms with Gasteiger partial charge in [0, 0.05) is 0 Å². The molecule has 140 valence electrons. The van der Waals surface area contributed by atoms with E-state index < -0.39 is 5.31 Å². The Hall–Kier alpha value is -1.96. The van der Waals surface area contributed by atoms with E-state index in [1.54, 1.807) is 0 Å². The molecule has 1 amide bonds. The van der Waals surface area contributed by atoms with Crippen LogP contribution >= 0.6 is 20.8 Å². The van der Waals surface area contributed by atoms with E-state index in [9.17, 15) is 4.79 Å². The second-order valence-electron chi connectivity index (χ2n) is 7.07. The normalized spacial score (nSPS) is 13.0. The number of hydrogen-bond donors (Lipinski definition) is 1. The molecular weight excluding hydrogens is 417 g/mol. The van der Waals surface area contributed by atoms with Crippen LogP contribution in [0.25, 0.3) is 0 Å². The minimum atomic E-state index is -3.17. The van der Waals surface area contributed by atoms with Gasteiger partial charge in [0.1, 0.15) is 0 Å². The van der Waals surface area contributed by atoms with Crippen molar-refractivity contribution in [2.75, 3.05) is 6.16 Å². The summed E-state index contributed by atoms with van der Waals surface area (Å²) in [6.07, 6.45) is 0.377. The molecule has 2 nitrogen and oxygen atoms in total. The Balaban J connectivity index is 2.34. The van der Waals surface area contributed by atoms with Gasteiger partial charge in [0.25, 0.3) is 0 Å². The summed E-state index contributed by atoms with van der Waals surface area (Å²) in [4.78, 5) is 13.1. The van der Waals surface area contributed by atoms with Gasteiger partial charge in [-0.05, 0) is 0 Å². The molecule has 0 saturated carbocycles. The van der Waals surface area contributed by atoms with Crippen LogP contribution in [0.4, 0.5) is 0 Å². The molecule has 3 rings (SSSR count). The first-order valence-corrected chi connectivity index (χ1v) is 13.6. The summed E-state index contributed by atoms with van der Waals surface area (Å²) in [5.41, 5.74) is 0. The Morgan fingerprint density at radius 3 is 1.41 bits per heavy atom. The molecule has 0 atom stereocenters. The SMILES string of the molecule is CC(C)NC(=O)CP(Br)(c1ccccc1)(c1ccccc1)c1ccccc1. The van der Waals surface area contributed by atoms with Crippen molar-refractivity contribution >= 4 is 42.6 Å². The van der Waals surface area contributed by atoms with Gasteiger partial charge in [-0.15, -0.1) is 0 Å². The molecule has 0 spiro atoms. The van der Waals surface area contributed by atoms with E-state index in [0.717, 1.165) is 15.9 Å².